The first-order valence-electron chi connectivity index (χ1n) is 6.93. The predicted octanol–water partition coefficient (Wildman–Crippen LogP) is 3.73. The van der Waals surface area contributed by atoms with Gasteiger partial charge in [-0.1, -0.05) is 37.1 Å². The summed E-state index contributed by atoms with van der Waals surface area (Å²) >= 11 is 0. The van der Waals surface area contributed by atoms with Gasteiger partial charge in [-0.05, 0) is 37.8 Å². The van der Waals surface area contributed by atoms with Crippen LogP contribution in [0.3, 0.4) is 0 Å². The van der Waals surface area contributed by atoms with E-state index in [1.165, 1.54) is 24.0 Å². The van der Waals surface area contributed by atoms with Crippen molar-refractivity contribution in [1.29, 1.82) is 5.26 Å². The van der Waals surface area contributed by atoms with Crippen molar-refractivity contribution in [1.82, 2.24) is 5.32 Å². The molecule has 1 N–H and O–H groups in total. The Labute approximate surface area is 110 Å². The molecular weight excluding hydrogens is 220 g/mol. The lowest BCUT2D eigenvalue weighted by molar-refractivity contribution is 0.292. The third-order valence-corrected chi connectivity index (χ3v) is 4.05. The standard InChI is InChI=1S/C16H22N2/c1-12-7-3-5-9-15(12)13(2)18-16-10-6-4-8-14(16)11-17/h3,5,7,9,13-14,16,18H,4,6,8,10H2,1-2H3/t13-,14?,16?/m1/s1. The first-order chi connectivity index (χ1) is 8.72. The lowest BCUT2D eigenvalue weighted by Crippen LogP contribution is -2.39. The second kappa shape index (κ2) is 6.02. The highest BCUT2D eigenvalue weighted by atomic mass is 15.0. The van der Waals surface area contributed by atoms with Gasteiger partial charge in [0.1, 0.15) is 0 Å². The third kappa shape index (κ3) is 2.91. The van der Waals surface area contributed by atoms with Crippen LogP contribution in [0.15, 0.2) is 24.3 Å². The van der Waals surface area contributed by atoms with Gasteiger partial charge in [0, 0.05) is 12.1 Å². The van der Waals surface area contributed by atoms with Gasteiger partial charge in [-0.3, -0.25) is 0 Å². The van der Waals surface area contributed by atoms with E-state index in [0.717, 1.165) is 12.8 Å². The number of rotatable bonds is 3. The summed E-state index contributed by atoms with van der Waals surface area (Å²) in [6, 6.07) is 11.6. The van der Waals surface area contributed by atoms with E-state index in [1.807, 2.05) is 0 Å². The molecule has 96 valence electrons. The first kappa shape index (κ1) is 13.1. The van der Waals surface area contributed by atoms with Crippen LogP contribution in [-0.2, 0) is 0 Å². The molecule has 0 aromatic heterocycles. The molecule has 1 aliphatic carbocycles. The van der Waals surface area contributed by atoms with Gasteiger partial charge >= 0.3 is 0 Å². The molecule has 1 aliphatic rings. The van der Waals surface area contributed by atoms with Crippen molar-refractivity contribution in [2.75, 3.05) is 0 Å². The second-order valence-electron chi connectivity index (χ2n) is 5.37. The molecule has 2 nitrogen and oxygen atoms in total. The Bertz CT molecular complexity index is 433. The van der Waals surface area contributed by atoms with Gasteiger partial charge in [-0.15, -0.1) is 0 Å². The van der Waals surface area contributed by atoms with E-state index in [1.54, 1.807) is 0 Å². The summed E-state index contributed by atoms with van der Waals surface area (Å²) in [5.41, 5.74) is 2.67. The fourth-order valence-corrected chi connectivity index (χ4v) is 2.97. The van der Waals surface area contributed by atoms with Crippen LogP contribution in [0.25, 0.3) is 0 Å². The van der Waals surface area contributed by atoms with Crippen LogP contribution >= 0.6 is 0 Å². The molecule has 2 heteroatoms. The highest BCUT2D eigenvalue weighted by molar-refractivity contribution is 5.28. The maximum Gasteiger partial charge on any atom is 0.0672 e. The molecule has 1 saturated carbocycles. The smallest absolute Gasteiger partial charge is 0.0672 e. The lowest BCUT2D eigenvalue weighted by Gasteiger charge is -2.31. The number of hydrogen-bond acceptors (Lipinski definition) is 2. The molecule has 1 aromatic carbocycles. The number of nitrogens with zero attached hydrogens (tertiary/aromatic N) is 1. The number of nitrogens with one attached hydrogen (secondary N) is 1. The first-order valence-corrected chi connectivity index (χ1v) is 6.93. The molecule has 1 aromatic rings. The Morgan fingerprint density at radius 3 is 2.72 bits per heavy atom. The predicted molar refractivity (Wildman–Crippen MR) is 74.1 cm³/mol. The van der Waals surface area contributed by atoms with Crippen molar-refractivity contribution < 1.29 is 0 Å². The molecule has 0 heterocycles. The highest BCUT2D eigenvalue weighted by Crippen LogP contribution is 2.27. The van der Waals surface area contributed by atoms with Gasteiger partial charge < -0.3 is 5.32 Å². The third-order valence-electron chi connectivity index (χ3n) is 4.05. The van der Waals surface area contributed by atoms with Crippen molar-refractivity contribution in [3.05, 3.63) is 35.4 Å². The Morgan fingerprint density at radius 1 is 1.28 bits per heavy atom. The quantitative estimate of drug-likeness (QED) is 0.876. The average molecular weight is 242 g/mol. The fraction of sp³-hybridized carbons (Fsp3) is 0.562. The van der Waals surface area contributed by atoms with Gasteiger partial charge in [0.25, 0.3) is 0 Å². The molecule has 18 heavy (non-hydrogen) atoms. The molecule has 0 bridgehead atoms. The van der Waals surface area contributed by atoms with Crippen molar-refractivity contribution in [3.8, 4) is 6.07 Å². The number of benzene rings is 1. The molecule has 2 unspecified atom stereocenters. The van der Waals surface area contributed by atoms with Crippen LogP contribution in [0.4, 0.5) is 0 Å². The SMILES string of the molecule is Cc1ccccc1[C@@H](C)NC1CCCCC1C#N. The Balaban J connectivity index is 2.05. The molecule has 0 saturated heterocycles. The van der Waals surface area contributed by atoms with Crippen LogP contribution in [0.5, 0.6) is 0 Å². The van der Waals surface area contributed by atoms with E-state index in [2.05, 4.69) is 49.5 Å². The number of hydrogen-bond donors (Lipinski definition) is 1. The summed E-state index contributed by atoms with van der Waals surface area (Å²) in [5.74, 6) is 0.185. The van der Waals surface area contributed by atoms with Crippen molar-refractivity contribution in [2.24, 2.45) is 5.92 Å². The Hall–Kier alpha value is -1.33. The molecule has 0 aliphatic heterocycles. The van der Waals surface area contributed by atoms with E-state index < -0.39 is 0 Å². The van der Waals surface area contributed by atoms with Crippen molar-refractivity contribution >= 4 is 0 Å². The molecule has 0 amide bonds. The minimum absolute atomic E-state index is 0.185. The van der Waals surface area contributed by atoms with Crippen LogP contribution < -0.4 is 5.32 Å². The van der Waals surface area contributed by atoms with Crippen LogP contribution in [0, 0.1) is 24.2 Å². The van der Waals surface area contributed by atoms with Crippen molar-refractivity contribution in [3.63, 3.8) is 0 Å². The normalized spacial score (nSPS) is 25.4. The highest BCUT2D eigenvalue weighted by Gasteiger charge is 2.26. The second-order valence-corrected chi connectivity index (χ2v) is 5.37. The summed E-state index contributed by atoms with van der Waals surface area (Å²) in [7, 11) is 0. The molecule has 1 fully saturated rings. The molecular formula is C16H22N2. The van der Waals surface area contributed by atoms with E-state index in [0.29, 0.717) is 12.1 Å². The topological polar surface area (TPSA) is 35.8 Å². The Morgan fingerprint density at radius 2 is 2.00 bits per heavy atom. The minimum Gasteiger partial charge on any atom is -0.306 e. The zero-order chi connectivity index (χ0) is 13.0. The maximum absolute atomic E-state index is 9.21. The van der Waals surface area contributed by atoms with Gasteiger partial charge in [0.05, 0.1) is 12.0 Å². The van der Waals surface area contributed by atoms with E-state index >= 15 is 0 Å². The largest absolute Gasteiger partial charge is 0.306 e. The Kier molecular flexibility index (Phi) is 4.38. The molecule has 0 spiro atoms. The van der Waals surface area contributed by atoms with E-state index in [9.17, 15) is 5.26 Å². The number of nitriles is 1. The zero-order valence-corrected chi connectivity index (χ0v) is 11.3. The van der Waals surface area contributed by atoms with Crippen LogP contribution in [0.2, 0.25) is 0 Å². The van der Waals surface area contributed by atoms with Crippen LogP contribution in [-0.4, -0.2) is 6.04 Å². The fourth-order valence-electron chi connectivity index (χ4n) is 2.97. The summed E-state index contributed by atoms with van der Waals surface area (Å²) in [6.07, 6.45) is 4.63. The van der Waals surface area contributed by atoms with Crippen molar-refractivity contribution in [2.45, 2.75) is 51.6 Å². The molecule has 2 rings (SSSR count). The van der Waals surface area contributed by atoms with Gasteiger partial charge in [-0.25, -0.2) is 0 Å². The van der Waals surface area contributed by atoms with E-state index in [-0.39, 0.29) is 5.92 Å². The van der Waals surface area contributed by atoms with Gasteiger partial charge in [0.2, 0.25) is 0 Å². The monoisotopic (exact) mass is 242 g/mol. The summed E-state index contributed by atoms with van der Waals surface area (Å²) < 4.78 is 0. The molecule has 3 atom stereocenters. The minimum atomic E-state index is 0.185. The zero-order valence-electron chi connectivity index (χ0n) is 11.3. The number of aryl methyl sites for hydroxylation is 1. The average Bonchev–Trinajstić information content (AvgIpc) is 2.39. The summed E-state index contributed by atoms with van der Waals surface area (Å²) in [5, 5.41) is 12.9. The van der Waals surface area contributed by atoms with E-state index in [4.69, 9.17) is 0 Å². The lowest BCUT2D eigenvalue weighted by atomic mass is 9.84. The van der Waals surface area contributed by atoms with Gasteiger partial charge in [-0.2, -0.15) is 5.26 Å². The maximum atomic E-state index is 9.21. The van der Waals surface area contributed by atoms with Gasteiger partial charge in [0.15, 0.2) is 0 Å². The van der Waals surface area contributed by atoms with Crippen LogP contribution in [0.1, 0.15) is 49.8 Å². The summed E-state index contributed by atoms with van der Waals surface area (Å²) in [4.78, 5) is 0. The summed E-state index contributed by atoms with van der Waals surface area (Å²) in [6.45, 7) is 4.35. The molecule has 0 radical (unpaired) electrons.